The Labute approximate surface area is 175 Å². The predicted octanol–water partition coefficient (Wildman–Crippen LogP) is 3.12. The van der Waals surface area contributed by atoms with Gasteiger partial charge in [-0.05, 0) is 43.2 Å². The van der Waals surface area contributed by atoms with Crippen molar-refractivity contribution in [3.05, 3.63) is 65.2 Å². The zero-order valence-corrected chi connectivity index (χ0v) is 17.1. The number of benzene rings is 2. The summed E-state index contributed by atoms with van der Waals surface area (Å²) in [7, 11) is 0. The maximum atomic E-state index is 12.7. The molecule has 1 fully saturated rings. The molecular formula is C23H25N3O4. The molecule has 4 amide bonds. The Morgan fingerprint density at radius 2 is 1.60 bits per heavy atom. The molecule has 7 nitrogen and oxygen atoms in total. The van der Waals surface area contributed by atoms with Crippen molar-refractivity contribution in [2.75, 3.05) is 5.32 Å². The van der Waals surface area contributed by atoms with Gasteiger partial charge in [0.15, 0.2) is 0 Å². The number of hydrogen-bond acceptors (Lipinski definition) is 4. The predicted molar refractivity (Wildman–Crippen MR) is 113 cm³/mol. The summed E-state index contributed by atoms with van der Waals surface area (Å²) in [6.45, 7) is 4.11. The quantitative estimate of drug-likeness (QED) is 0.690. The number of carbonyl (C=O) groups is 4. The van der Waals surface area contributed by atoms with Gasteiger partial charge in [0, 0.05) is 24.4 Å². The van der Waals surface area contributed by atoms with Gasteiger partial charge in [0.2, 0.25) is 11.8 Å². The number of nitrogens with one attached hydrogen (secondary N) is 2. The van der Waals surface area contributed by atoms with E-state index in [-0.39, 0.29) is 49.1 Å². The highest BCUT2D eigenvalue weighted by Crippen LogP contribution is 2.19. The van der Waals surface area contributed by atoms with Crippen molar-refractivity contribution in [2.45, 2.75) is 45.7 Å². The van der Waals surface area contributed by atoms with Crippen LogP contribution in [0.5, 0.6) is 0 Å². The summed E-state index contributed by atoms with van der Waals surface area (Å²) >= 11 is 0. The molecule has 3 rings (SSSR count). The minimum Gasteiger partial charge on any atom is -0.350 e. The van der Waals surface area contributed by atoms with E-state index in [2.05, 4.69) is 10.6 Å². The molecule has 1 aliphatic rings. The number of likely N-dealkylation sites (tertiary alicyclic amines) is 1. The summed E-state index contributed by atoms with van der Waals surface area (Å²) in [6, 6.07) is 13.6. The molecule has 7 heteroatoms. The highest BCUT2D eigenvalue weighted by atomic mass is 16.2. The minimum absolute atomic E-state index is 0.0307. The van der Waals surface area contributed by atoms with Gasteiger partial charge < -0.3 is 10.6 Å². The maximum absolute atomic E-state index is 12.7. The van der Waals surface area contributed by atoms with E-state index in [1.807, 2.05) is 13.8 Å². The van der Waals surface area contributed by atoms with Crippen molar-refractivity contribution in [3.8, 4) is 0 Å². The van der Waals surface area contributed by atoms with E-state index in [1.54, 1.807) is 48.5 Å². The fourth-order valence-corrected chi connectivity index (χ4v) is 3.13. The summed E-state index contributed by atoms with van der Waals surface area (Å²) in [6.07, 6.45) is 1.31. The van der Waals surface area contributed by atoms with Crippen molar-refractivity contribution in [3.63, 3.8) is 0 Å². The second kappa shape index (κ2) is 9.35. The fraction of sp³-hybridized carbons (Fsp3) is 0.304. The Balaban J connectivity index is 1.69. The highest BCUT2D eigenvalue weighted by Gasteiger charge is 2.28. The van der Waals surface area contributed by atoms with Gasteiger partial charge in [-0.3, -0.25) is 24.1 Å². The number of rotatable bonds is 7. The summed E-state index contributed by atoms with van der Waals surface area (Å²) in [5.74, 6) is -0.933. The normalized spacial score (nSPS) is 14.5. The lowest BCUT2D eigenvalue weighted by molar-refractivity contribution is -0.139. The van der Waals surface area contributed by atoms with Gasteiger partial charge in [0.25, 0.3) is 11.8 Å². The Morgan fingerprint density at radius 1 is 0.967 bits per heavy atom. The van der Waals surface area contributed by atoms with Crippen LogP contribution < -0.4 is 10.6 Å². The average molecular weight is 407 g/mol. The summed E-state index contributed by atoms with van der Waals surface area (Å²) in [5, 5.41) is 5.69. The van der Waals surface area contributed by atoms with Gasteiger partial charge in [0.05, 0.1) is 17.8 Å². The molecule has 0 radical (unpaired) electrons. The first-order valence-electron chi connectivity index (χ1n) is 10.0. The van der Waals surface area contributed by atoms with E-state index in [4.69, 9.17) is 0 Å². The Morgan fingerprint density at radius 3 is 2.23 bits per heavy atom. The monoisotopic (exact) mass is 407 g/mol. The first-order chi connectivity index (χ1) is 14.4. The largest absolute Gasteiger partial charge is 0.350 e. The molecule has 2 aromatic rings. The molecular weight excluding hydrogens is 382 g/mol. The topological polar surface area (TPSA) is 95.6 Å². The molecule has 1 atom stereocenters. The standard InChI is InChI=1S/C23H25N3O4/c1-3-15(2)24-23(30)18-6-4-5-7-19(18)25-22(29)17-10-8-16(9-11-17)14-26-20(27)12-13-21(26)28/h4-11,15H,3,12-14H2,1-2H3,(H,24,30)(H,25,29). The van der Waals surface area contributed by atoms with Crippen LogP contribution in [0.3, 0.4) is 0 Å². The van der Waals surface area contributed by atoms with Crippen LogP contribution in [0.1, 0.15) is 59.4 Å². The lowest BCUT2D eigenvalue weighted by Crippen LogP contribution is -2.32. The second-order valence-electron chi connectivity index (χ2n) is 7.35. The van der Waals surface area contributed by atoms with E-state index < -0.39 is 0 Å². The average Bonchev–Trinajstić information content (AvgIpc) is 3.06. The molecule has 1 unspecified atom stereocenters. The third kappa shape index (κ3) is 4.92. The Bertz CT molecular complexity index is 953. The molecule has 156 valence electrons. The molecule has 0 bridgehead atoms. The van der Waals surface area contributed by atoms with Crippen LogP contribution in [-0.4, -0.2) is 34.6 Å². The third-order valence-corrected chi connectivity index (χ3v) is 5.12. The smallest absolute Gasteiger partial charge is 0.255 e. The highest BCUT2D eigenvalue weighted by molar-refractivity contribution is 6.09. The van der Waals surface area contributed by atoms with Crippen molar-refractivity contribution >= 4 is 29.3 Å². The molecule has 1 heterocycles. The van der Waals surface area contributed by atoms with Crippen LogP contribution in [0.15, 0.2) is 48.5 Å². The van der Waals surface area contributed by atoms with E-state index in [0.29, 0.717) is 16.8 Å². The van der Waals surface area contributed by atoms with Gasteiger partial charge in [-0.15, -0.1) is 0 Å². The zero-order chi connectivity index (χ0) is 21.7. The van der Waals surface area contributed by atoms with Crippen molar-refractivity contribution in [2.24, 2.45) is 0 Å². The van der Waals surface area contributed by atoms with E-state index >= 15 is 0 Å². The molecule has 0 saturated carbocycles. The van der Waals surface area contributed by atoms with Crippen LogP contribution in [0.25, 0.3) is 0 Å². The molecule has 30 heavy (non-hydrogen) atoms. The van der Waals surface area contributed by atoms with Crippen molar-refractivity contribution in [1.82, 2.24) is 10.2 Å². The van der Waals surface area contributed by atoms with Gasteiger partial charge in [0.1, 0.15) is 0 Å². The first-order valence-corrected chi connectivity index (χ1v) is 10.0. The van der Waals surface area contributed by atoms with Crippen molar-refractivity contribution in [1.29, 1.82) is 0 Å². The van der Waals surface area contributed by atoms with Crippen LogP contribution >= 0.6 is 0 Å². The number of imide groups is 1. The Hall–Kier alpha value is -3.48. The number of amides is 4. The number of anilines is 1. The summed E-state index contributed by atoms with van der Waals surface area (Å²) in [4.78, 5) is 49.9. The summed E-state index contributed by atoms with van der Waals surface area (Å²) < 4.78 is 0. The minimum atomic E-state index is -0.348. The lowest BCUT2D eigenvalue weighted by Gasteiger charge is -2.15. The molecule has 0 aliphatic carbocycles. The fourth-order valence-electron chi connectivity index (χ4n) is 3.13. The van der Waals surface area contributed by atoms with Gasteiger partial charge in [-0.1, -0.05) is 31.2 Å². The second-order valence-corrected chi connectivity index (χ2v) is 7.35. The number of para-hydroxylation sites is 1. The SMILES string of the molecule is CCC(C)NC(=O)c1ccccc1NC(=O)c1ccc(CN2C(=O)CCC2=O)cc1. The van der Waals surface area contributed by atoms with Gasteiger partial charge in [-0.2, -0.15) is 0 Å². The molecule has 2 N–H and O–H groups in total. The van der Waals surface area contributed by atoms with E-state index in [1.165, 1.54) is 4.90 Å². The van der Waals surface area contributed by atoms with Crippen LogP contribution in [0.4, 0.5) is 5.69 Å². The van der Waals surface area contributed by atoms with Crippen LogP contribution in [0, 0.1) is 0 Å². The Kier molecular flexibility index (Phi) is 6.61. The molecule has 1 aliphatic heterocycles. The first kappa shape index (κ1) is 21.2. The van der Waals surface area contributed by atoms with Gasteiger partial charge in [-0.25, -0.2) is 0 Å². The molecule has 2 aromatic carbocycles. The molecule has 0 aromatic heterocycles. The number of nitrogens with zero attached hydrogens (tertiary/aromatic N) is 1. The molecule has 1 saturated heterocycles. The third-order valence-electron chi connectivity index (χ3n) is 5.12. The number of carbonyl (C=O) groups excluding carboxylic acids is 4. The van der Waals surface area contributed by atoms with E-state index in [0.717, 1.165) is 12.0 Å². The molecule has 0 spiro atoms. The van der Waals surface area contributed by atoms with Gasteiger partial charge >= 0.3 is 0 Å². The zero-order valence-electron chi connectivity index (χ0n) is 17.1. The van der Waals surface area contributed by atoms with Crippen molar-refractivity contribution < 1.29 is 19.2 Å². The van der Waals surface area contributed by atoms with Crippen LogP contribution in [-0.2, 0) is 16.1 Å². The van der Waals surface area contributed by atoms with E-state index in [9.17, 15) is 19.2 Å². The number of hydrogen-bond donors (Lipinski definition) is 2. The summed E-state index contributed by atoms with van der Waals surface area (Å²) in [5.41, 5.74) is 2.01. The van der Waals surface area contributed by atoms with Crippen LogP contribution in [0.2, 0.25) is 0 Å². The maximum Gasteiger partial charge on any atom is 0.255 e. The lowest BCUT2D eigenvalue weighted by atomic mass is 10.1.